The molecule has 9 aromatic rings. The molecule has 9 rings (SSSR count). The maximum Gasteiger partial charge on any atom is 0.181 e. The maximum absolute atomic E-state index is 11.5. The number of furan rings is 1. The number of rotatable bonds is 4. The van der Waals surface area contributed by atoms with Crippen LogP contribution in [0.2, 0.25) is 0 Å². The lowest BCUT2D eigenvalue weighted by atomic mass is 9.85. The SMILES string of the molecule is Oc1c(-c2ccc(-c3c4ccccc4c(-c4ccccc4)c4c(O)cccc34)cc2)c(O)c2oc3cc(-c4ccccc4)ccc3c2c1O. The van der Waals surface area contributed by atoms with Crippen molar-refractivity contribution in [2.75, 3.05) is 0 Å². The van der Waals surface area contributed by atoms with Crippen molar-refractivity contribution in [2.24, 2.45) is 0 Å². The van der Waals surface area contributed by atoms with Gasteiger partial charge in [0, 0.05) is 16.3 Å². The topological polar surface area (TPSA) is 94.1 Å². The Balaban J connectivity index is 1.22. The average Bonchev–Trinajstić information content (AvgIpc) is 3.54. The van der Waals surface area contributed by atoms with Crippen molar-refractivity contribution in [3.63, 3.8) is 0 Å². The highest BCUT2D eigenvalue weighted by Crippen LogP contribution is 2.53. The van der Waals surface area contributed by atoms with Crippen LogP contribution in [0.4, 0.5) is 0 Å². The van der Waals surface area contributed by atoms with E-state index in [1.165, 1.54) is 0 Å². The molecular formula is C44H28O5. The lowest BCUT2D eigenvalue weighted by Gasteiger charge is -2.18. The van der Waals surface area contributed by atoms with E-state index in [9.17, 15) is 20.4 Å². The lowest BCUT2D eigenvalue weighted by Crippen LogP contribution is -1.91. The molecule has 0 unspecified atom stereocenters. The van der Waals surface area contributed by atoms with Crippen molar-refractivity contribution in [3.05, 3.63) is 146 Å². The van der Waals surface area contributed by atoms with Crippen LogP contribution in [-0.2, 0) is 0 Å². The molecule has 4 N–H and O–H groups in total. The molecule has 0 aliphatic rings. The van der Waals surface area contributed by atoms with Crippen LogP contribution in [0.15, 0.2) is 150 Å². The van der Waals surface area contributed by atoms with Crippen molar-refractivity contribution in [1.82, 2.24) is 0 Å². The highest BCUT2D eigenvalue weighted by atomic mass is 16.4. The first kappa shape index (κ1) is 28.5. The maximum atomic E-state index is 11.5. The van der Waals surface area contributed by atoms with E-state index in [4.69, 9.17) is 4.42 Å². The molecule has 0 bridgehead atoms. The van der Waals surface area contributed by atoms with Gasteiger partial charge < -0.3 is 24.8 Å². The zero-order chi connectivity index (χ0) is 33.2. The predicted octanol–water partition coefficient (Wildman–Crippen LogP) is 11.4. The fourth-order valence-corrected chi connectivity index (χ4v) is 7.27. The number of fused-ring (bicyclic) bond motifs is 5. The average molecular weight is 637 g/mol. The molecule has 234 valence electrons. The molecule has 8 aromatic carbocycles. The van der Waals surface area contributed by atoms with Crippen molar-refractivity contribution in [3.8, 4) is 67.5 Å². The number of phenols is 4. The molecule has 49 heavy (non-hydrogen) atoms. The Morgan fingerprint density at radius 2 is 0.898 bits per heavy atom. The smallest absolute Gasteiger partial charge is 0.181 e. The third-order valence-electron chi connectivity index (χ3n) is 9.50. The van der Waals surface area contributed by atoms with Gasteiger partial charge in [0.25, 0.3) is 0 Å². The fourth-order valence-electron chi connectivity index (χ4n) is 7.27. The molecule has 0 spiro atoms. The highest BCUT2D eigenvalue weighted by Gasteiger charge is 2.26. The summed E-state index contributed by atoms with van der Waals surface area (Å²) in [4.78, 5) is 0. The summed E-state index contributed by atoms with van der Waals surface area (Å²) < 4.78 is 6.15. The Labute approximate surface area is 280 Å². The van der Waals surface area contributed by atoms with E-state index in [1.807, 2.05) is 103 Å². The molecule has 0 amide bonds. The molecule has 0 atom stereocenters. The van der Waals surface area contributed by atoms with Crippen molar-refractivity contribution in [1.29, 1.82) is 0 Å². The Kier molecular flexibility index (Phi) is 6.36. The monoisotopic (exact) mass is 636 g/mol. The van der Waals surface area contributed by atoms with Crippen LogP contribution in [0.5, 0.6) is 23.0 Å². The molecule has 5 heteroatoms. The normalized spacial score (nSPS) is 11.6. The quantitative estimate of drug-likeness (QED) is 0.0876. The van der Waals surface area contributed by atoms with Crippen molar-refractivity contribution in [2.45, 2.75) is 0 Å². The largest absolute Gasteiger partial charge is 0.507 e. The van der Waals surface area contributed by atoms with Gasteiger partial charge in [-0.3, -0.25) is 0 Å². The summed E-state index contributed by atoms with van der Waals surface area (Å²) in [6, 6.07) is 46.8. The summed E-state index contributed by atoms with van der Waals surface area (Å²) >= 11 is 0. The minimum atomic E-state index is -0.430. The van der Waals surface area contributed by atoms with Crippen molar-refractivity contribution < 1.29 is 24.8 Å². The van der Waals surface area contributed by atoms with Gasteiger partial charge in [-0.05, 0) is 67.7 Å². The molecule has 1 heterocycles. The fraction of sp³-hybridized carbons (Fsp3) is 0. The van der Waals surface area contributed by atoms with Gasteiger partial charge in [-0.25, -0.2) is 0 Å². The van der Waals surface area contributed by atoms with Gasteiger partial charge >= 0.3 is 0 Å². The molecule has 0 fully saturated rings. The zero-order valence-corrected chi connectivity index (χ0v) is 26.1. The number of hydrogen-bond donors (Lipinski definition) is 4. The molecule has 0 aliphatic carbocycles. The van der Waals surface area contributed by atoms with Crippen LogP contribution in [0.3, 0.4) is 0 Å². The van der Waals surface area contributed by atoms with E-state index in [1.54, 1.807) is 18.2 Å². The van der Waals surface area contributed by atoms with Crippen LogP contribution in [0.25, 0.3) is 88.0 Å². The second-order valence-electron chi connectivity index (χ2n) is 12.2. The number of aromatic hydroxyl groups is 4. The molecular weight excluding hydrogens is 608 g/mol. The summed E-state index contributed by atoms with van der Waals surface area (Å²) in [6.07, 6.45) is 0. The number of benzene rings is 8. The van der Waals surface area contributed by atoms with Gasteiger partial charge in [-0.2, -0.15) is 0 Å². The van der Waals surface area contributed by atoms with Gasteiger partial charge in [-0.15, -0.1) is 0 Å². The molecule has 0 saturated carbocycles. The van der Waals surface area contributed by atoms with E-state index in [2.05, 4.69) is 24.3 Å². The molecule has 0 saturated heterocycles. The highest BCUT2D eigenvalue weighted by molar-refractivity contribution is 6.23. The van der Waals surface area contributed by atoms with Crippen LogP contribution in [0.1, 0.15) is 0 Å². The van der Waals surface area contributed by atoms with Gasteiger partial charge in [0.05, 0.1) is 10.9 Å². The van der Waals surface area contributed by atoms with Crippen molar-refractivity contribution >= 4 is 43.5 Å². The molecule has 0 aliphatic heterocycles. The van der Waals surface area contributed by atoms with E-state index in [0.717, 1.165) is 54.9 Å². The molecule has 5 nitrogen and oxygen atoms in total. The van der Waals surface area contributed by atoms with Gasteiger partial charge in [0.15, 0.2) is 22.8 Å². The van der Waals surface area contributed by atoms with E-state index in [0.29, 0.717) is 16.5 Å². The van der Waals surface area contributed by atoms with Crippen LogP contribution < -0.4 is 0 Å². The first-order chi connectivity index (χ1) is 24.0. The van der Waals surface area contributed by atoms with Gasteiger partial charge in [0.1, 0.15) is 11.3 Å². The van der Waals surface area contributed by atoms with Crippen LogP contribution in [0, 0.1) is 0 Å². The Bertz CT molecular complexity index is 2730. The summed E-state index contributed by atoms with van der Waals surface area (Å²) in [6.45, 7) is 0. The standard InChI is InChI=1S/C44H28O5/c45-34-17-9-16-33-36(30-14-7-8-15-31(30)37(39(33)34)26-12-5-2-6-13-26)27-18-20-28(21-19-27)38-41(46)42(47)40-32-23-22-29(25-10-3-1-4-11-25)24-35(32)49-44(40)43(38)48/h1-24,45-48H. The first-order valence-corrected chi connectivity index (χ1v) is 16.0. The summed E-state index contributed by atoms with van der Waals surface area (Å²) in [7, 11) is 0. The summed E-state index contributed by atoms with van der Waals surface area (Å²) in [5.41, 5.74) is 6.89. The van der Waals surface area contributed by atoms with E-state index >= 15 is 0 Å². The van der Waals surface area contributed by atoms with Gasteiger partial charge in [-0.1, -0.05) is 127 Å². The second kappa shape index (κ2) is 10.9. The minimum Gasteiger partial charge on any atom is -0.507 e. The third kappa shape index (κ3) is 4.33. The molecule has 1 aromatic heterocycles. The van der Waals surface area contributed by atoms with Crippen LogP contribution >= 0.6 is 0 Å². The lowest BCUT2D eigenvalue weighted by molar-refractivity contribution is 0.403. The van der Waals surface area contributed by atoms with E-state index in [-0.39, 0.29) is 33.8 Å². The van der Waals surface area contributed by atoms with Crippen LogP contribution in [-0.4, -0.2) is 20.4 Å². The van der Waals surface area contributed by atoms with E-state index < -0.39 is 5.75 Å². The Morgan fingerprint density at radius 1 is 0.347 bits per heavy atom. The number of hydrogen-bond acceptors (Lipinski definition) is 5. The minimum absolute atomic E-state index is 0.0747. The van der Waals surface area contributed by atoms with Gasteiger partial charge in [0.2, 0.25) is 0 Å². The second-order valence-corrected chi connectivity index (χ2v) is 12.2. The Hall–Kier alpha value is -6.72. The Morgan fingerprint density at radius 3 is 1.59 bits per heavy atom. The summed E-state index contributed by atoms with van der Waals surface area (Å²) in [5, 5.41) is 49.9. The summed E-state index contributed by atoms with van der Waals surface area (Å²) in [5.74, 6) is -0.855. The first-order valence-electron chi connectivity index (χ1n) is 16.0. The third-order valence-corrected chi connectivity index (χ3v) is 9.50. The predicted molar refractivity (Wildman–Crippen MR) is 197 cm³/mol. The number of phenolic OH excluding ortho intramolecular Hbond substituents is 4. The molecule has 0 radical (unpaired) electrons. The zero-order valence-electron chi connectivity index (χ0n) is 26.1.